The first-order valence-electron chi connectivity index (χ1n) is 31.6. The first kappa shape index (κ1) is 74.5. The highest BCUT2D eigenvalue weighted by molar-refractivity contribution is 6.32. The predicted molar refractivity (Wildman–Crippen MR) is 349 cm³/mol. The number of halogens is 2. The number of amides is 7. The van der Waals surface area contributed by atoms with Crippen LogP contribution in [0.5, 0.6) is 46.0 Å². The highest BCUT2D eigenvalue weighted by Gasteiger charge is 2.51. The van der Waals surface area contributed by atoms with Gasteiger partial charge in [0.2, 0.25) is 53.4 Å². The van der Waals surface area contributed by atoms with Crippen molar-refractivity contribution in [1.82, 2.24) is 37.2 Å². The van der Waals surface area contributed by atoms with Crippen molar-refractivity contribution in [2.45, 2.75) is 156 Å². The van der Waals surface area contributed by atoms with Crippen molar-refractivity contribution >= 4 is 70.5 Å². The largest absolute Gasteiger partial charge is 0.508 e. The lowest BCUT2D eigenvalue weighted by molar-refractivity contribution is -0.333. The van der Waals surface area contributed by atoms with Gasteiger partial charge in [-0.3, -0.25) is 33.6 Å². The Kier molecular flexibility index (Phi) is 22.2. The van der Waals surface area contributed by atoms with Crippen LogP contribution in [0.4, 0.5) is 0 Å². The number of aromatic hydroxyl groups is 3. The van der Waals surface area contributed by atoms with E-state index in [2.05, 4.69) is 37.2 Å². The molecule has 7 aliphatic rings. The van der Waals surface area contributed by atoms with E-state index in [0.29, 0.717) is 0 Å². The van der Waals surface area contributed by atoms with Crippen molar-refractivity contribution in [2.75, 3.05) is 13.7 Å². The number of benzene rings is 5. The number of phenolic OH excluding ortho intramolecular Hbond substituents is 3. The third kappa shape index (κ3) is 15.8. The van der Waals surface area contributed by atoms with Crippen molar-refractivity contribution in [2.24, 2.45) is 17.4 Å². The van der Waals surface area contributed by atoms with Gasteiger partial charge in [-0.05, 0) is 110 Å². The van der Waals surface area contributed by atoms with Crippen LogP contribution in [0.15, 0.2) is 78.9 Å². The summed E-state index contributed by atoms with van der Waals surface area (Å²) in [5, 5.41) is 131. The van der Waals surface area contributed by atoms with Crippen molar-refractivity contribution < 1.29 is 118 Å². The molecule has 542 valence electrons. The van der Waals surface area contributed by atoms with E-state index in [1.54, 1.807) is 0 Å². The summed E-state index contributed by atoms with van der Waals surface area (Å²) in [6, 6.07) is -0.679. The molecule has 101 heavy (non-hydrogen) atoms. The number of hydrogen-bond acceptors (Lipinski definition) is 25. The van der Waals surface area contributed by atoms with Crippen LogP contribution in [0.2, 0.25) is 10.0 Å². The summed E-state index contributed by atoms with van der Waals surface area (Å²) in [6.45, 7) is 5.66. The van der Waals surface area contributed by atoms with Crippen molar-refractivity contribution in [3.63, 3.8) is 0 Å². The topological polar surface area (TPSA) is 530 Å². The Morgan fingerprint density at radius 1 is 0.713 bits per heavy atom. The van der Waals surface area contributed by atoms with Crippen LogP contribution in [0.3, 0.4) is 0 Å². The molecule has 11 bridgehead atoms. The van der Waals surface area contributed by atoms with Gasteiger partial charge in [-0.15, -0.1) is 0 Å². The number of aliphatic hydroxyl groups excluding tert-OH is 6. The molecule has 35 heteroatoms. The number of phenols is 3. The lowest BCUT2D eigenvalue weighted by atomic mass is 9.86. The molecule has 7 heterocycles. The van der Waals surface area contributed by atoms with E-state index in [1.165, 1.54) is 33.0 Å². The van der Waals surface area contributed by atoms with Gasteiger partial charge in [-0.2, -0.15) is 0 Å². The molecule has 18 atom stereocenters. The number of carbonyl (C=O) groups excluding carboxylic acids is 7. The smallest absolute Gasteiger partial charge is 0.330 e. The van der Waals surface area contributed by atoms with E-state index in [1.807, 2.05) is 13.8 Å². The van der Waals surface area contributed by atoms with Gasteiger partial charge in [-0.1, -0.05) is 55.2 Å². The van der Waals surface area contributed by atoms with Gasteiger partial charge in [0.05, 0.1) is 41.3 Å². The third-order valence-corrected chi connectivity index (χ3v) is 18.4. The zero-order valence-corrected chi connectivity index (χ0v) is 55.8. The van der Waals surface area contributed by atoms with Crippen LogP contribution in [-0.4, -0.2) is 191 Å². The zero-order valence-electron chi connectivity index (χ0n) is 54.3. The van der Waals surface area contributed by atoms with Crippen molar-refractivity contribution in [3.8, 4) is 57.1 Å². The van der Waals surface area contributed by atoms with E-state index in [-0.39, 0.29) is 46.2 Å². The second kappa shape index (κ2) is 30.2. The summed E-state index contributed by atoms with van der Waals surface area (Å²) < 4.78 is 38.3. The van der Waals surface area contributed by atoms with Crippen LogP contribution < -0.4 is 62.9 Å². The number of carboxylic acid groups (broad SMARTS) is 1. The standard InChI is InChI=1S/C66H75Cl2N9O24/c1-23(2)12-34(71-5)58(88)76-49-51(83)26-7-10-38(32(67)14-26)97-40-16-28-17-41(55(40)101-65-56(54(86)53(85)42(22-78)99-65)100-44-21-66(4,70)57(87)24(3)96-44)98-39-11-8-27(15-33(39)68)52(84)50-63(93)75-48(64(94)95)31-18-29(79)19-37(81)45(31)30-13-25(6-9-36(30)80)46(60(90)77-50)74-61(91)47(28)73-59(89)35(20-43(69)82)72-62(49)92/h6-11,13-19,23-24,34-35,42,44,46-54,56-57,65,71,78-81,83-87H,12,20-22,70H2,1-5H3,(H2,69,82)(H,72,92)(H,73,89)(H,74,91)(H,75,93)(H,76,88)(H,77,90)(H,94,95)/t24-,34+,35-,42?,44-,46?,47+,48-,49+,50-,51+,52+,53?,54?,56+,57+,65-,66-/m0/s1. The summed E-state index contributed by atoms with van der Waals surface area (Å²) in [4.78, 5) is 117. The minimum Gasteiger partial charge on any atom is -0.508 e. The summed E-state index contributed by atoms with van der Waals surface area (Å²) in [5.74, 6) is -16.0. The molecule has 4 unspecified atom stereocenters. The number of nitrogens with two attached hydrogens (primary N) is 2. The number of carboxylic acids is 1. The Morgan fingerprint density at radius 3 is 1.90 bits per heavy atom. The zero-order chi connectivity index (χ0) is 73.5. The summed E-state index contributed by atoms with van der Waals surface area (Å²) in [6.07, 6.45) is -18.6. The van der Waals surface area contributed by atoms with E-state index < -0.39 is 237 Å². The third-order valence-electron chi connectivity index (χ3n) is 17.8. The normalized spacial score (nSPS) is 29.4. The van der Waals surface area contributed by atoms with E-state index in [9.17, 15) is 75.0 Å². The molecule has 33 nitrogen and oxygen atoms in total. The molecule has 7 aliphatic heterocycles. The van der Waals surface area contributed by atoms with Gasteiger partial charge < -0.3 is 128 Å². The number of fused-ring (bicyclic) bond motifs is 15. The Bertz CT molecular complexity index is 4070. The maximum atomic E-state index is 16.0. The second-order valence-electron chi connectivity index (χ2n) is 25.7. The maximum absolute atomic E-state index is 16.0. The molecule has 0 aromatic heterocycles. The lowest BCUT2D eigenvalue weighted by Gasteiger charge is -2.47. The number of primary amides is 1. The Labute approximate surface area is 584 Å². The molecule has 12 rings (SSSR count). The number of ether oxygens (including phenoxy) is 6. The van der Waals surface area contributed by atoms with Gasteiger partial charge >= 0.3 is 5.97 Å². The van der Waals surface area contributed by atoms with Crippen molar-refractivity contribution in [1.29, 1.82) is 0 Å². The van der Waals surface area contributed by atoms with Crippen LogP contribution in [-0.2, 0) is 52.6 Å². The summed E-state index contributed by atoms with van der Waals surface area (Å²) >= 11 is 14.1. The minimum absolute atomic E-state index is 0.0975. The maximum Gasteiger partial charge on any atom is 0.330 e. The molecule has 5 aromatic carbocycles. The fraction of sp³-hybridized carbons (Fsp3) is 0.424. The number of rotatable bonds is 13. The monoisotopic (exact) mass is 1450 g/mol. The SMILES string of the molecule is CN[C@H](CC(C)C)C(=O)N[C@H]1C(=O)N[C@@H](CC(N)=O)C(=O)N[C@H]2C(=O)NC3C(=O)N[C@H](C(=O)N[C@H](C(=O)O)c4cc(O)cc(O)c4-c4cc3ccc4O)[C@H](O)c3ccc(c(Cl)c3)Oc3cc2cc(c3O[C@@H]2OC(CO)C(O)C(O)[C@H]2O[C@H]2C[C@](C)(N)[C@H](O)[C@H](C)O2)Oc2ccc(cc2Cl)[C@H]1O. The Balaban J connectivity index is 1.24. The highest BCUT2D eigenvalue weighted by Crippen LogP contribution is 2.50. The second-order valence-corrected chi connectivity index (χ2v) is 26.5. The lowest BCUT2D eigenvalue weighted by Crippen LogP contribution is -2.64. The van der Waals surface area contributed by atoms with Gasteiger partial charge in [0.25, 0.3) is 0 Å². The summed E-state index contributed by atoms with van der Waals surface area (Å²) in [5.41, 5.74) is 8.00. The molecule has 0 radical (unpaired) electrons. The molecule has 0 saturated carbocycles. The number of aliphatic hydroxyl groups is 6. The molecule has 5 aromatic rings. The molecular formula is C66H75Cl2N9O24. The molecule has 2 fully saturated rings. The van der Waals surface area contributed by atoms with E-state index in [4.69, 9.17) is 63.1 Å². The molecule has 7 amide bonds. The first-order chi connectivity index (χ1) is 47.7. The van der Waals surface area contributed by atoms with Crippen LogP contribution in [0, 0.1) is 5.92 Å². The average Bonchev–Trinajstić information content (AvgIpc) is 0.775. The molecular weight excluding hydrogens is 1370 g/mol. The molecule has 2 saturated heterocycles. The average molecular weight is 1450 g/mol. The van der Waals surface area contributed by atoms with E-state index in [0.717, 1.165) is 66.7 Å². The van der Waals surface area contributed by atoms with Gasteiger partial charge in [0, 0.05) is 34.7 Å². The number of nitrogens with one attached hydrogen (secondary N) is 7. The van der Waals surface area contributed by atoms with Crippen LogP contribution in [0.1, 0.15) is 105 Å². The first-order valence-corrected chi connectivity index (χ1v) is 32.4. The highest BCUT2D eigenvalue weighted by atomic mass is 35.5. The number of hydrogen-bond donors (Lipinski definition) is 19. The van der Waals surface area contributed by atoms with Gasteiger partial charge in [-0.25, -0.2) is 4.79 Å². The van der Waals surface area contributed by atoms with Crippen molar-refractivity contribution in [3.05, 3.63) is 117 Å². The molecule has 0 spiro atoms. The fourth-order valence-electron chi connectivity index (χ4n) is 12.5. The Hall–Kier alpha value is -9.20. The van der Waals surface area contributed by atoms with Crippen LogP contribution in [0.25, 0.3) is 11.1 Å². The summed E-state index contributed by atoms with van der Waals surface area (Å²) in [7, 11) is 1.47. The quantitative estimate of drug-likeness (QED) is 0.0743. The number of aliphatic carboxylic acids is 1. The predicted octanol–water partition coefficient (Wildman–Crippen LogP) is 0.106. The van der Waals surface area contributed by atoms with Gasteiger partial charge in [0.1, 0.15) is 89.5 Å². The molecule has 21 N–H and O–H groups in total. The minimum atomic E-state index is -2.35. The van der Waals surface area contributed by atoms with Crippen LogP contribution >= 0.6 is 23.2 Å². The molecule has 0 aliphatic carbocycles. The fourth-order valence-corrected chi connectivity index (χ4v) is 12.9. The van der Waals surface area contributed by atoms with Gasteiger partial charge in [0.15, 0.2) is 29.9 Å². The number of likely N-dealkylation sites (N-methyl/N-ethyl adjacent to an activating group) is 1. The van der Waals surface area contributed by atoms with E-state index >= 15 is 14.4 Å². The number of carbonyl (C=O) groups is 8. The Morgan fingerprint density at radius 2 is 1.32 bits per heavy atom.